The highest BCUT2D eigenvalue weighted by Crippen LogP contribution is 2.37. The summed E-state index contributed by atoms with van der Waals surface area (Å²) in [5.41, 5.74) is 0. The lowest BCUT2D eigenvalue weighted by Crippen LogP contribution is -2.47. The summed E-state index contributed by atoms with van der Waals surface area (Å²) in [6.45, 7) is 0.547. The summed E-state index contributed by atoms with van der Waals surface area (Å²) in [4.78, 5) is 3.98. The Bertz CT molecular complexity index is 471. The SMILES string of the molecule is CN=C(NCCNS(C)(=O)=O)NC1CCC(C(F)(F)F)CC1. The minimum absolute atomic E-state index is 0.0485. The molecule has 0 bridgehead atoms. The zero-order chi connectivity index (χ0) is 16.8. The van der Waals surface area contributed by atoms with E-state index in [1.54, 1.807) is 7.05 Å². The van der Waals surface area contributed by atoms with E-state index in [2.05, 4.69) is 20.3 Å². The van der Waals surface area contributed by atoms with Crippen LogP contribution in [0.5, 0.6) is 0 Å². The number of hydrogen-bond donors (Lipinski definition) is 3. The summed E-state index contributed by atoms with van der Waals surface area (Å²) in [6, 6.07) is -0.0485. The minimum atomic E-state index is -4.11. The maximum absolute atomic E-state index is 12.6. The molecule has 0 spiro atoms. The lowest BCUT2D eigenvalue weighted by Gasteiger charge is -2.31. The van der Waals surface area contributed by atoms with Crippen molar-refractivity contribution in [1.82, 2.24) is 15.4 Å². The first-order chi connectivity index (χ1) is 10.1. The Morgan fingerprint density at radius 3 is 2.23 bits per heavy atom. The van der Waals surface area contributed by atoms with Crippen LogP contribution in [0, 0.1) is 5.92 Å². The summed E-state index contributed by atoms with van der Waals surface area (Å²) in [7, 11) is -1.68. The Balaban J connectivity index is 2.30. The molecule has 1 fully saturated rings. The maximum Gasteiger partial charge on any atom is 0.391 e. The number of guanidine groups is 1. The number of rotatable bonds is 5. The third-order valence-corrected chi connectivity index (χ3v) is 4.26. The summed E-state index contributed by atoms with van der Waals surface area (Å²) in [5, 5.41) is 5.99. The van der Waals surface area contributed by atoms with Crippen molar-refractivity contribution in [2.45, 2.75) is 37.9 Å². The molecule has 0 unspecified atom stereocenters. The van der Waals surface area contributed by atoms with Crippen LogP contribution in [0.4, 0.5) is 13.2 Å². The molecule has 1 saturated carbocycles. The van der Waals surface area contributed by atoms with Gasteiger partial charge in [-0.1, -0.05) is 0 Å². The molecule has 1 aliphatic rings. The molecule has 0 heterocycles. The minimum Gasteiger partial charge on any atom is -0.355 e. The van der Waals surface area contributed by atoms with Gasteiger partial charge in [0, 0.05) is 26.2 Å². The zero-order valence-electron chi connectivity index (χ0n) is 12.7. The Morgan fingerprint density at radius 1 is 1.18 bits per heavy atom. The first-order valence-electron chi connectivity index (χ1n) is 7.10. The molecular weight excluding hydrogens is 321 g/mol. The van der Waals surface area contributed by atoms with Gasteiger partial charge in [-0.2, -0.15) is 13.2 Å². The molecule has 10 heteroatoms. The molecule has 22 heavy (non-hydrogen) atoms. The van der Waals surface area contributed by atoms with Crippen molar-refractivity contribution in [3.05, 3.63) is 0 Å². The van der Waals surface area contributed by atoms with Crippen molar-refractivity contribution in [3.8, 4) is 0 Å². The van der Waals surface area contributed by atoms with E-state index in [0.29, 0.717) is 25.3 Å². The zero-order valence-corrected chi connectivity index (χ0v) is 13.5. The van der Waals surface area contributed by atoms with Crippen molar-refractivity contribution in [3.63, 3.8) is 0 Å². The number of alkyl halides is 3. The molecular formula is C12H23F3N4O2S. The second-order valence-corrected chi connectivity index (χ2v) is 7.23. The Kier molecular flexibility index (Phi) is 6.92. The molecule has 0 radical (unpaired) electrons. The number of hydrogen-bond acceptors (Lipinski definition) is 3. The first-order valence-corrected chi connectivity index (χ1v) is 8.99. The van der Waals surface area contributed by atoms with Gasteiger partial charge < -0.3 is 10.6 Å². The second-order valence-electron chi connectivity index (χ2n) is 5.40. The van der Waals surface area contributed by atoms with Crippen molar-refractivity contribution >= 4 is 16.0 Å². The van der Waals surface area contributed by atoms with E-state index in [1.807, 2.05) is 0 Å². The van der Waals surface area contributed by atoms with E-state index in [9.17, 15) is 21.6 Å². The van der Waals surface area contributed by atoms with Gasteiger partial charge in [-0.25, -0.2) is 13.1 Å². The average Bonchev–Trinajstić information content (AvgIpc) is 2.40. The second kappa shape index (κ2) is 8.00. The van der Waals surface area contributed by atoms with Crippen LogP contribution in [0.15, 0.2) is 4.99 Å². The molecule has 0 aliphatic heterocycles. The van der Waals surface area contributed by atoms with Crippen LogP contribution >= 0.6 is 0 Å². The van der Waals surface area contributed by atoms with Crippen molar-refractivity contribution in [2.24, 2.45) is 10.9 Å². The third kappa shape index (κ3) is 7.30. The van der Waals surface area contributed by atoms with E-state index in [-0.39, 0.29) is 25.4 Å². The molecule has 130 valence electrons. The highest BCUT2D eigenvalue weighted by Gasteiger charge is 2.41. The van der Waals surface area contributed by atoms with E-state index in [4.69, 9.17) is 0 Å². The molecule has 0 aromatic rings. The van der Waals surface area contributed by atoms with Crippen LogP contribution in [-0.4, -0.2) is 53.0 Å². The van der Waals surface area contributed by atoms with Crippen LogP contribution in [0.1, 0.15) is 25.7 Å². The van der Waals surface area contributed by atoms with Gasteiger partial charge >= 0.3 is 6.18 Å². The average molecular weight is 344 g/mol. The van der Waals surface area contributed by atoms with Gasteiger partial charge in [0.1, 0.15) is 0 Å². The molecule has 0 saturated heterocycles. The molecule has 1 aliphatic carbocycles. The van der Waals surface area contributed by atoms with Gasteiger partial charge in [0.2, 0.25) is 10.0 Å². The predicted octanol–water partition coefficient (Wildman–Crippen LogP) is 0.822. The largest absolute Gasteiger partial charge is 0.391 e. The molecule has 0 amide bonds. The third-order valence-electron chi connectivity index (χ3n) is 3.54. The highest BCUT2D eigenvalue weighted by molar-refractivity contribution is 7.88. The Morgan fingerprint density at radius 2 is 1.77 bits per heavy atom. The normalized spacial score (nSPS) is 24.1. The van der Waals surface area contributed by atoms with E-state index < -0.39 is 22.1 Å². The molecule has 0 aromatic carbocycles. The summed E-state index contributed by atoms with van der Waals surface area (Å²) in [6.07, 6.45) is -1.93. The molecule has 0 atom stereocenters. The fourth-order valence-electron chi connectivity index (χ4n) is 2.37. The monoisotopic (exact) mass is 344 g/mol. The Labute approximate surface area is 129 Å². The molecule has 1 rings (SSSR count). The van der Waals surface area contributed by atoms with Crippen molar-refractivity contribution in [2.75, 3.05) is 26.4 Å². The summed E-state index contributed by atoms with van der Waals surface area (Å²) in [5.74, 6) is -0.745. The maximum atomic E-state index is 12.6. The fraction of sp³-hybridized carbons (Fsp3) is 0.917. The predicted molar refractivity (Wildman–Crippen MR) is 79.1 cm³/mol. The van der Waals surface area contributed by atoms with E-state index in [0.717, 1.165) is 6.26 Å². The number of nitrogens with zero attached hydrogens (tertiary/aromatic N) is 1. The summed E-state index contributed by atoms with van der Waals surface area (Å²) < 4.78 is 61.9. The number of aliphatic imine (C=N–C) groups is 1. The van der Waals surface area contributed by atoms with Gasteiger partial charge in [-0.15, -0.1) is 0 Å². The lowest BCUT2D eigenvalue weighted by atomic mass is 9.85. The molecule has 0 aromatic heterocycles. The first kappa shape index (κ1) is 19.0. The van der Waals surface area contributed by atoms with E-state index >= 15 is 0 Å². The van der Waals surface area contributed by atoms with Crippen LogP contribution < -0.4 is 15.4 Å². The van der Waals surface area contributed by atoms with Crippen molar-refractivity contribution in [1.29, 1.82) is 0 Å². The van der Waals surface area contributed by atoms with Crippen LogP contribution in [-0.2, 0) is 10.0 Å². The van der Waals surface area contributed by atoms with E-state index in [1.165, 1.54) is 0 Å². The number of nitrogens with one attached hydrogen (secondary N) is 3. The highest BCUT2D eigenvalue weighted by atomic mass is 32.2. The standard InChI is InChI=1S/C12H23F3N4O2S/c1-16-11(17-7-8-18-22(2,20)21)19-10-5-3-9(4-6-10)12(13,14)15/h9-10,18H,3-8H2,1-2H3,(H2,16,17,19). The van der Waals surface area contributed by atoms with Gasteiger partial charge in [-0.3, -0.25) is 4.99 Å². The molecule has 3 N–H and O–H groups in total. The quantitative estimate of drug-likeness (QED) is 0.392. The Hall–Kier alpha value is -1.03. The smallest absolute Gasteiger partial charge is 0.355 e. The van der Waals surface area contributed by atoms with Gasteiger partial charge in [0.15, 0.2) is 5.96 Å². The van der Waals surface area contributed by atoms with Gasteiger partial charge in [0.25, 0.3) is 0 Å². The van der Waals surface area contributed by atoms with Crippen LogP contribution in [0.3, 0.4) is 0 Å². The fourth-order valence-corrected chi connectivity index (χ4v) is 2.84. The molecule has 6 nitrogen and oxygen atoms in total. The number of sulfonamides is 1. The topological polar surface area (TPSA) is 82.6 Å². The van der Waals surface area contributed by atoms with Gasteiger partial charge in [-0.05, 0) is 25.7 Å². The van der Waals surface area contributed by atoms with Crippen LogP contribution in [0.25, 0.3) is 0 Å². The number of halogens is 3. The summed E-state index contributed by atoms with van der Waals surface area (Å²) >= 11 is 0. The lowest BCUT2D eigenvalue weighted by molar-refractivity contribution is -0.182. The van der Waals surface area contributed by atoms with Gasteiger partial charge in [0.05, 0.1) is 12.2 Å². The van der Waals surface area contributed by atoms with Crippen LogP contribution in [0.2, 0.25) is 0 Å². The van der Waals surface area contributed by atoms with Crippen molar-refractivity contribution < 1.29 is 21.6 Å².